The summed E-state index contributed by atoms with van der Waals surface area (Å²) in [7, 11) is 0. The summed E-state index contributed by atoms with van der Waals surface area (Å²) in [6.45, 7) is 14.8. The highest BCUT2D eigenvalue weighted by molar-refractivity contribution is 5.76. The Hall–Kier alpha value is -3.65. The van der Waals surface area contributed by atoms with Crippen LogP contribution in [0.5, 0.6) is 0 Å². The fraction of sp³-hybridized carbons (Fsp3) is 0.292. The number of nitrogens with zero attached hydrogens (tertiary/aromatic N) is 3. The third-order valence-corrected chi connectivity index (χ3v) is 4.16. The standard InChI is InChI=1S/C18H23N7O.C4H6.C2H6/c1-12-9-14-11-25(18(26)24-16(14)23-12)15-5-3-13(4-6-15)10-21-7-2-8-22-17(19)20;1-3-4-2;1-2/h3-6,9,11,21H,2,7-8,10H2,1H3,(H4,19,20,22)(H,23,24,26);3-4H,1-2H2;1-2H3. The summed E-state index contributed by atoms with van der Waals surface area (Å²) >= 11 is 0. The van der Waals surface area contributed by atoms with Gasteiger partial charge in [-0.15, -0.1) is 0 Å². The number of hydrogen-bond acceptors (Lipinski definition) is 4. The van der Waals surface area contributed by atoms with Gasteiger partial charge in [0, 0.05) is 30.4 Å². The summed E-state index contributed by atoms with van der Waals surface area (Å²) in [5.41, 5.74) is 13.8. The van der Waals surface area contributed by atoms with E-state index in [0.717, 1.165) is 41.8 Å². The second-order valence-corrected chi connectivity index (χ2v) is 6.62. The molecule has 1 aromatic carbocycles. The summed E-state index contributed by atoms with van der Waals surface area (Å²) in [5.74, 6) is 0.123. The van der Waals surface area contributed by atoms with E-state index in [9.17, 15) is 4.79 Å². The molecule has 0 radical (unpaired) electrons. The molecule has 0 saturated heterocycles. The fourth-order valence-electron chi connectivity index (χ4n) is 2.74. The maximum Gasteiger partial charge on any atom is 0.354 e. The molecule has 6 N–H and O–H groups in total. The van der Waals surface area contributed by atoms with Gasteiger partial charge in [-0.1, -0.05) is 51.3 Å². The lowest BCUT2D eigenvalue weighted by molar-refractivity contribution is 0.655. The van der Waals surface area contributed by atoms with Crippen molar-refractivity contribution in [1.29, 1.82) is 0 Å². The van der Waals surface area contributed by atoms with Crippen LogP contribution < -0.4 is 22.5 Å². The maximum atomic E-state index is 12.2. The van der Waals surface area contributed by atoms with E-state index in [2.05, 4.69) is 33.4 Å². The zero-order valence-electron chi connectivity index (χ0n) is 19.3. The van der Waals surface area contributed by atoms with Gasteiger partial charge in [0.05, 0.1) is 5.69 Å². The molecule has 0 saturated carbocycles. The van der Waals surface area contributed by atoms with Crippen LogP contribution >= 0.6 is 0 Å². The molecule has 2 aromatic heterocycles. The van der Waals surface area contributed by atoms with E-state index in [-0.39, 0.29) is 11.6 Å². The molecule has 32 heavy (non-hydrogen) atoms. The van der Waals surface area contributed by atoms with E-state index in [0.29, 0.717) is 12.2 Å². The Labute approximate surface area is 189 Å². The lowest BCUT2D eigenvalue weighted by Gasteiger charge is -2.08. The number of hydrogen-bond donors (Lipinski definition) is 4. The molecule has 0 bridgehead atoms. The number of H-pyrrole nitrogens is 1. The normalized spacial score (nSPS) is 9.72. The number of benzene rings is 1. The summed E-state index contributed by atoms with van der Waals surface area (Å²) < 4.78 is 1.56. The van der Waals surface area contributed by atoms with Gasteiger partial charge in [-0.3, -0.25) is 9.56 Å². The van der Waals surface area contributed by atoms with Gasteiger partial charge in [-0.25, -0.2) is 4.79 Å². The number of nitrogens with two attached hydrogens (primary N) is 2. The summed E-state index contributed by atoms with van der Waals surface area (Å²) in [4.78, 5) is 23.3. The van der Waals surface area contributed by atoms with Crippen LogP contribution in [-0.4, -0.2) is 33.6 Å². The van der Waals surface area contributed by atoms with Crippen LogP contribution in [0, 0.1) is 6.92 Å². The second kappa shape index (κ2) is 14.4. The van der Waals surface area contributed by atoms with E-state index in [4.69, 9.17) is 11.5 Å². The number of aliphatic imine (C=N–C) groups is 1. The molecule has 8 nitrogen and oxygen atoms in total. The molecular weight excluding hydrogens is 402 g/mol. The van der Waals surface area contributed by atoms with Gasteiger partial charge in [-0.2, -0.15) is 4.98 Å². The third kappa shape index (κ3) is 8.61. The van der Waals surface area contributed by atoms with E-state index >= 15 is 0 Å². The van der Waals surface area contributed by atoms with Crippen molar-refractivity contribution in [3.05, 3.63) is 83.6 Å². The molecule has 0 spiro atoms. The quantitative estimate of drug-likeness (QED) is 0.186. The number of allylic oxidation sites excluding steroid dienone is 2. The number of fused-ring (bicyclic) bond motifs is 1. The van der Waals surface area contributed by atoms with Crippen molar-refractivity contribution in [1.82, 2.24) is 19.9 Å². The Morgan fingerprint density at radius 2 is 1.88 bits per heavy atom. The smallest absolute Gasteiger partial charge is 0.354 e. The van der Waals surface area contributed by atoms with Crippen LogP contribution in [0.2, 0.25) is 0 Å². The lowest BCUT2D eigenvalue weighted by Crippen LogP contribution is -2.23. The van der Waals surface area contributed by atoms with Gasteiger partial charge in [0.15, 0.2) is 5.96 Å². The first-order chi connectivity index (χ1) is 15.4. The molecule has 0 aliphatic carbocycles. The molecule has 8 heteroatoms. The van der Waals surface area contributed by atoms with Crippen molar-refractivity contribution < 1.29 is 0 Å². The van der Waals surface area contributed by atoms with Crippen molar-refractivity contribution in [2.24, 2.45) is 16.5 Å². The Balaban J connectivity index is 0.000000769. The number of aromatic nitrogens is 3. The predicted octanol–water partition coefficient (Wildman–Crippen LogP) is 3.16. The SMILES string of the molecule is C=CC=C.CC.Cc1cc2cn(-c3ccc(CNCCCN=C(N)N)cc3)c(=O)nc2[nH]1. The number of rotatable bonds is 8. The Bertz CT molecular complexity index is 1050. The highest BCUT2D eigenvalue weighted by Crippen LogP contribution is 2.13. The van der Waals surface area contributed by atoms with Crippen molar-refractivity contribution >= 4 is 17.0 Å². The molecule has 0 aliphatic rings. The van der Waals surface area contributed by atoms with Crippen molar-refractivity contribution in [2.75, 3.05) is 13.1 Å². The van der Waals surface area contributed by atoms with Crippen LogP contribution in [0.4, 0.5) is 0 Å². The van der Waals surface area contributed by atoms with Crippen LogP contribution in [0.25, 0.3) is 16.7 Å². The van der Waals surface area contributed by atoms with Gasteiger partial charge in [0.1, 0.15) is 5.65 Å². The summed E-state index contributed by atoms with van der Waals surface area (Å²) in [6, 6.07) is 9.81. The van der Waals surface area contributed by atoms with Crippen LogP contribution in [0.15, 0.2) is 71.6 Å². The molecule has 0 atom stereocenters. The molecule has 0 unspecified atom stereocenters. The molecule has 2 heterocycles. The molecular formula is C24H35N7O. The average Bonchev–Trinajstić information content (AvgIpc) is 3.16. The fourth-order valence-corrected chi connectivity index (χ4v) is 2.74. The minimum absolute atomic E-state index is 0.123. The minimum Gasteiger partial charge on any atom is -0.370 e. The van der Waals surface area contributed by atoms with Crippen LogP contribution in [-0.2, 0) is 6.54 Å². The minimum atomic E-state index is -0.301. The van der Waals surface area contributed by atoms with Crippen LogP contribution in [0.3, 0.4) is 0 Å². The van der Waals surface area contributed by atoms with E-state index in [1.54, 1.807) is 16.7 Å². The monoisotopic (exact) mass is 437 g/mol. The van der Waals surface area contributed by atoms with Gasteiger partial charge >= 0.3 is 5.69 Å². The van der Waals surface area contributed by atoms with E-state index in [1.165, 1.54) is 0 Å². The molecule has 0 fully saturated rings. The zero-order chi connectivity index (χ0) is 23.9. The average molecular weight is 438 g/mol. The Morgan fingerprint density at radius 3 is 2.47 bits per heavy atom. The number of nitrogens with one attached hydrogen (secondary N) is 2. The number of aromatic amines is 1. The first-order valence-corrected chi connectivity index (χ1v) is 10.6. The Morgan fingerprint density at radius 1 is 1.22 bits per heavy atom. The van der Waals surface area contributed by atoms with Crippen molar-refractivity contribution in [3.8, 4) is 5.69 Å². The van der Waals surface area contributed by atoms with Gasteiger partial charge in [0.2, 0.25) is 0 Å². The molecule has 172 valence electrons. The second-order valence-electron chi connectivity index (χ2n) is 6.62. The predicted molar refractivity (Wildman–Crippen MR) is 135 cm³/mol. The van der Waals surface area contributed by atoms with E-state index in [1.807, 2.05) is 57.3 Å². The van der Waals surface area contributed by atoms with Crippen molar-refractivity contribution in [2.45, 2.75) is 33.7 Å². The van der Waals surface area contributed by atoms with Gasteiger partial charge in [-0.05, 0) is 43.7 Å². The lowest BCUT2D eigenvalue weighted by atomic mass is 10.2. The van der Waals surface area contributed by atoms with Gasteiger partial charge in [0.25, 0.3) is 0 Å². The highest BCUT2D eigenvalue weighted by Gasteiger charge is 2.06. The van der Waals surface area contributed by atoms with Crippen LogP contribution in [0.1, 0.15) is 31.5 Å². The van der Waals surface area contributed by atoms with Gasteiger partial charge < -0.3 is 21.8 Å². The summed E-state index contributed by atoms with van der Waals surface area (Å²) in [5, 5.41) is 4.25. The largest absolute Gasteiger partial charge is 0.370 e. The number of aryl methyl sites for hydroxylation is 1. The summed E-state index contributed by atoms with van der Waals surface area (Å²) in [6.07, 6.45) is 5.96. The maximum absolute atomic E-state index is 12.2. The van der Waals surface area contributed by atoms with Crippen molar-refractivity contribution in [3.63, 3.8) is 0 Å². The topological polar surface area (TPSA) is 127 Å². The first kappa shape index (κ1) is 26.4. The zero-order valence-corrected chi connectivity index (χ0v) is 19.3. The molecule has 0 aliphatic heterocycles. The van der Waals surface area contributed by atoms with E-state index < -0.39 is 0 Å². The molecule has 3 rings (SSSR count). The number of guanidine groups is 1. The highest BCUT2D eigenvalue weighted by atomic mass is 16.1. The Kier molecular flexibility index (Phi) is 11.9. The molecule has 3 aromatic rings. The molecule has 0 amide bonds. The third-order valence-electron chi connectivity index (χ3n) is 4.16. The first-order valence-electron chi connectivity index (χ1n) is 10.6.